The number of fused-ring (bicyclic) bond motifs is 3. The summed E-state index contributed by atoms with van der Waals surface area (Å²) in [6, 6.07) is 20.6. The number of nitrogens with one attached hydrogen (secondary N) is 2. The SMILES string of the molecule is CC1(C)N[C@H]2c3ccccc3OC[C@H]2O1.COc1cncc(-n2ccc(C(C)(C)N3CCN(C[C@@H](O)C[C@@H](Cc4ccccc4)C(C)=O)[C@H](C(=O)NCC(F)(F)F)C3)n2)c1. The fraction of sp³-hybridized carbons (Fsp3) is 0.500. The zero-order valence-electron chi connectivity index (χ0n) is 35.0. The summed E-state index contributed by atoms with van der Waals surface area (Å²) in [6.07, 6.45) is 0.250. The predicted octanol–water partition coefficient (Wildman–Crippen LogP) is 5.22. The van der Waals surface area contributed by atoms with E-state index in [-0.39, 0.29) is 43.2 Å². The van der Waals surface area contributed by atoms with Gasteiger partial charge in [0.1, 0.15) is 48.3 Å². The minimum Gasteiger partial charge on any atom is -0.495 e. The minimum atomic E-state index is -4.57. The van der Waals surface area contributed by atoms with E-state index in [9.17, 15) is 27.9 Å². The number of aliphatic hydroxyl groups is 1. The lowest BCUT2D eigenvalue weighted by Crippen LogP contribution is -2.63. The molecule has 3 aliphatic heterocycles. The van der Waals surface area contributed by atoms with Gasteiger partial charge in [-0.1, -0.05) is 48.5 Å². The summed E-state index contributed by atoms with van der Waals surface area (Å²) in [5.74, 6) is 0.278. The molecule has 2 saturated heterocycles. The smallest absolute Gasteiger partial charge is 0.405 e. The Balaban J connectivity index is 0.000000332. The number of aliphatic hydroxyl groups excluding tert-OH is 1. The molecule has 324 valence electrons. The Morgan fingerprint density at radius 3 is 2.52 bits per heavy atom. The van der Waals surface area contributed by atoms with Gasteiger partial charge in [-0.2, -0.15) is 18.3 Å². The summed E-state index contributed by atoms with van der Waals surface area (Å²) in [7, 11) is 1.55. The minimum absolute atomic E-state index is 0.0361. The summed E-state index contributed by atoms with van der Waals surface area (Å²) in [5, 5.41) is 21.3. The lowest BCUT2D eigenvalue weighted by Gasteiger charge is -2.47. The molecule has 7 rings (SSSR count). The van der Waals surface area contributed by atoms with Crippen molar-refractivity contribution in [2.45, 2.75) is 89.2 Å². The third-order valence-corrected chi connectivity index (χ3v) is 11.3. The maximum absolute atomic E-state index is 13.2. The van der Waals surface area contributed by atoms with E-state index in [1.807, 2.05) is 92.5 Å². The van der Waals surface area contributed by atoms with Crippen LogP contribution in [0.15, 0.2) is 85.3 Å². The number of carbonyl (C=O) groups excluding carboxylic acids is 2. The molecule has 3 N–H and O–H groups in total. The molecule has 1 amide bonds. The van der Waals surface area contributed by atoms with Crippen molar-refractivity contribution in [1.82, 2.24) is 35.2 Å². The van der Waals surface area contributed by atoms with Crippen molar-refractivity contribution in [2.24, 2.45) is 5.92 Å². The Morgan fingerprint density at radius 1 is 1.07 bits per heavy atom. The molecule has 2 aromatic heterocycles. The van der Waals surface area contributed by atoms with Crippen LogP contribution in [0.1, 0.15) is 63.9 Å². The number of aromatic nitrogens is 3. The number of Topliss-reactive ketones (excluding diaryl/α,β-unsaturated/α-hetero) is 1. The standard InChI is InChI=1S/C32H41F3N6O4.C12H15NO2/c1-22(42)24(14-23-8-6-5-7-9-23)15-26(43)19-39-12-13-40(20-28(39)30(44)37-21-32(33,34)35)31(2,3)29-10-11-41(38-29)25-16-27(45-4)18-36-17-25;1-12(2)13-11-8-5-3-4-6-9(8)14-7-10(11)15-12/h5-11,16-18,24,26,28,43H,12-15,19-21H2,1-4H3,(H,37,44);3-6,10-11,13H,7H2,1-2H3/t24-,26+,28+;10-,11+/m11/s1. The van der Waals surface area contributed by atoms with Crippen molar-refractivity contribution in [3.05, 3.63) is 102 Å². The van der Waals surface area contributed by atoms with Crippen molar-refractivity contribution >= 4 is 11.7 Å². The van der Waals surface area contributed by atoms with E-state index in [0.717, 1.165) is 11.3 Å². The van der Waals surface area contributed by atoms with E-state index in [4.69, 9.17) is 19.3 Å². The molecule has 0 spiro atoms. The van der Waals surface area contributed by atoms with E-state index in [0.29, 0.717) is 43.2 Å². The van der Waals surface area contributed by atoms with Crippen LogP contribution in [0.4, 0.5) is 13.2 Å². The molecule has 0 aliphatic carbocycles. The van der Waals surface area contributed by atoms with Gasteiger partial charge in [-0.3, -0.25) is 29.7 Å². The molecule has 0 saturated carbocycles. The van der Waals surface area contributed by atoms with Gasteiger partial charge < -0.3 is 24.6 Å². The summed E-state index contributed by atoms with van der Waals surface area (Å²) >= 11 is 0. The van der Waals surface area contributed by atoms with Crippen LogP contribution in [0.5, 0.6) is 11.5 Å². The first kappa shape index (κ1) is 44.7. The third kappa shape index (κ3) is 11.3. The monoisotopic (exact) mass is 835 g/mol. The van der Waals surface area contributed by atoms with Crippen LogP contribution in [-0.2, 0) is 26.3 Å². The fourth-order valence-corrected chi connectivity index (χ4v) is 8.06. The van der Waals surface area contributed by atoms with Gasteiger partial charge in [-0.05, 0) is 65.2 Å². The van der Waals surface area contributed by atoms with Gasteiger partial charge >= 0.3 is 6.18 Å². The largest absolute Gasteiger partial charge is 0.495 e. The van der Waals surface area contributed by atoms with Gasteiger partial charge in [-0.25, -0.2) is 4.68 Å². The number of halogens is 3. The van der Waals surface area contributed by atoms with E-state index in [1.165, 1.54) is 12.5 Å². The number of benzene rings is 2. The van der Waals surface area contributed by atoms with Gasteiger partial charge in [0, 0.05) is 49.9 Å². The molecule has 0 bridgehead atoms. The number of ether oxygens (including phenoxy) is 3. The number of hydrogen-bond donors (Lipinski definition) is 3. The Kier molecular flexibility index (Phi) is 14.0. The van der Waals surface area contributed by atoms with Gasteiger partial charge in [0.2, 0.25) is 5.91 Å². The second-order valence-electron chi connectivity index (χ2n) is 16.6. The lowest BCUT2D eigenvalue weighted by atomic mass is 9.90. The number of β-amino-alcohol motifs (C(OH)–C–C–N with tert-alkyl or cyclic N) is 1. The predicted molar refractivity (Wildman–Crippen MR) is 219 cm³/mol. The maximum Gasteiger partial charge on any atom is 0.405 e. The number of piperazine rings is 1. The normalized spacial score (nSPS) is 21.3. The van der Waals surface area contributed by atoms with Gasteiger partial charge in [-0.15, -0.1) is 0 Å². The quantitative estimate of drug-likeness (QED) is 0.163. The highest BCUT2D eigenvalue weighted by Crippen LogP contribution is 2.39. The van der Waals surface area contributed by atoms with E-state index >= 15 is 0 Å². The number of hydrogen-bond acceptors (Lipinski definition) is 11. The van der Waals surface area contributed by atoms with Crippen LogP contribution in [0.2, 0.25) is 0 Å². The molecule has 5 heterocycles. The Hall–Kier alpha value is -4.87. The summed E-state index contributed by atoms with van der Waals surface area (Å²) in [5.41, 5.74) is 2.61. The number of methoxy groups -OCH3 is 1. The molecule has 13 nitrogen and oxygen atoms in total. The first-order valence-electron chi connectivity index (χ1n) is 20.2. The third-order valence-electron chi connectivity index (χ3n) is 11.3. The van der Waals surface area contributed by atoms with Gasteiger partial charge in [0.15, 0.2) is 0 Å². The average Bonchev–Trinajstić information content (AvgIpc) is 3.85. The van der Waals surface area contributed by atoms with Crippen molar-refractivity contribution in [2.75, 3.05) is 46.4 Å². The molecule has 3 aliphatic rings. The Labute approximate surface area is 349 Å². The zero-order valence-corrected chi connectivity index (χ0v) is 35.0. The van der Waals surface area contributed by atoms with Gasteiger partial charge in [0.25, 0.3) is 0 Å². The second-order valence-corrected chi connectivity index (χ2v) is 16.6. The van der Waals surface area contributed by atoms with E-state index in [1.54, 1.807) is 41.3 Å². The molecular weight excluding hydrogens is 780 g/mol. The van der Waals surface area contributed by atoms with Crippen molar-refractivity contribution < 1.29 is 42.1 Å². The highest BCUT2D eigenvalue weighted by atomic mass is 19.4. The van der Waals surface area contributed by atoms with Crippen molar-refractivity contribution in [3.8, 4) is 17.2 Å². The summed E-state index contributed by atoms with van der Waals surface area (Å²) in [4.78, 5) is 33.5. The molecule has 0 radical (unpaired) electrons. The topological polar surface area (TPSA) is 143 Å². The second kappa shape index (κ2) is 18.8. The fourth-order valence-electron chi connectivity index (χ4n) is 8.06. The molecule has 60 heavy (non-hydrogen) atoms. The number of nitrogens with zero attached hydrogens (tertiary/aromatic N) is 5. The van der Waals surface area contributed by atoms with E-state index in [2.05, 4.69) is 16.4 Å². The van der Waals surface area contributed by atoms with E-state index < -0.39 is 42.2 Å². The van der Waals surface area contributed by atoms with Crippen LogP contribution in [0, 0.1) is 5.92 Å². The van der Waals surface area contributed by atoms with Crippen molar-refractivity contribution in [1.29, 1.82) is 0 Å². The first-order chi connectivity index (χ1) is 28.4. The van der Waals surface area contributed by atoms with Crippen LogP contribution in [0.3, 0.4) is 0 Å². The number of amides is 1. The first-order valence-corrected chi connectivity index (χ1v) is 20.2. The molecule has 0 unspecified atom stereocenters. The van der Waals surface area contributed by atoms with Crippen LogP contribution in [0.25, 0.3) is 5.69 Å². The molecule has 16 heteroatoms. The number of pyridine rings is 1. The van der Waals surface area contributed by atoms with Gasteiger partial charge in [0.05, 0.1) is 48.6 Å². The van der Waals surface area contributed by atoms with Crippen LogP contribution < -0.4 is 20.1 Å². The number of ketones is 1. The van der Waals surface area contributed by atoms with Crippen molar-refractivity contribution in [3.63, 3.8) is 0 Å². The highest BCUT2D eigenvalue weighted by molar-refractivity contribution is 5.82. The average molecular weight is 836 g/mol. The molecule has 4 aromatic rings. The molecular formula is C44H56F3N7O6. The van der Waals surface area contributed by atoms with Crippen LogP contribution >= 0.6 is 0 Å². The zero-order chi connectivity index (χ0) is 43.2. The summed E-state index contributed by atoms with van der Waals surface area (Å²) < 4.78 is 57.6. The highest BCUT2D eigenvalue weighted by Gasteiger charge is 2.44. The number of para-hydroxylation sites is 1. The summed E-state index contributed by atoms with van der Waals surface area (Å²) in [6.45, 7) is 9.58. The Morgan fingerprint density at radius 2 is 1.80 bits per heavy atom. The molecule has 2 fully saturated rings. The lowest BCUT2D eigenvalue weighted by molar-refractivity contribution is -0.144. The number of rotatable bonds is 13. The molecule has 2 aromatic carbocycles. The molecule has 5 atom stereocenters. The van der Waals surface area contributed by atoms with Crippen LogP contribution in [-0.4, -0.2) is 118 Å². The number of alkyl halides is 3. The maximum atomic E-state index is 13.2. The Bertz CT molecular complexity index is 2060. The number of carbonyl (C=O) groups is 2.